The van der Waals surface area contributed by atoms with E-state index in [2.05, 4.69) is 59.9 Å². The van der Waals surface area contributed by atoms with Gasteiger partial charge in [0.1, 0.15) is 11.5 Å². The van der Waals surface area contributed by atoms with Gasteiger partial charge in [-0.25, -0.2) is 0 Å². The molecule has 4 rings (SSSR count). The molecule has 0 amide bonds. The number of ether oxygens (including phenoxy) is 1. The van der Waals surface area contributed by atoms with Crippen LogP contribution in [0.1, 0.15) is 24.1 Å². The lowest BCUT2D eigenvalue weighted by Gasteiger charge is -2.14. The molecule has 4 heteroatoms. The molecule has 1 heterocycles. The van der Waals surface area contributed by atoms with Crippen LogP contribution in [-0.2, 0) is 13.6 Å². The van der Waals surface area contributed by atoms with E-state index >= 15 is 0 Å². The van der Waals surface area contributed by atoms with Crippen LogP contribution in [0.3, 0.4) is 0 Å². The molecule has 0 fully saturated rings. The van der Waals surface area contributed by atoms with Gasteiger partial charge in [0.2, 0.25) is 0 Å². The van der Waals surface area contributed by atoms with Gasteiger partial charge >= 0.3 is 0 Å². The van der Waals surface area contributed by atoms with Gasteiger partial charge in [-0.3, -0.25) is 4.68 Å². The molecule has 1 N–H and O–H groups in total. The number of aryl methyl sites for hydroxylation is 1. The smallest absolute Gasteiger partial charge is 0.127 e. The van der Waals surface area contributed by atoms with Crippen LogP contribution >= 0.6 is 0 Å². The van der Waals surface area contributed by atoms with Crippen molar-refractivity contribution in [2.45, 2.75) is 19.5 Å². The van der Waals surface area contributed by atoms with E-state index in [1.54, 1.807) is 0 Å². The summed E-state index contributed by atoms with van der Waals surface area (Å²) in [6, 6.07) is 28.6. The Kier molecular flexibility index (Phi) is 5.73. The third-order valence-corrected chi connectivity index (χ3v) is 4.91. The summed E-state index contributed by atoms with van der Waals surface area (Å²) in [6.45, 7) is 2.93. The fourth-order valence-electron chi connectivity index (χ4n) is 3.34. The van der Waals surface area contributed by atoms with Crippen molar-refractivity contribution in [1.29, 1.82) is 0 Å². The second-order valence-corrected chi connectivity index (χ2v) is 7.13. The Morgan fingerprint density at radius 3 is 2.17 bits per heavy atom. The van der Waals surface area contributed by atoms with E-state index in [0.29, 0.717) is 0 Å². The average molecular weight is 383 g/mol. The Morgan fingerprint density at radius 2 is 1.48 bits per heavy atom. The highest BCUT2D eigenvalue weighted by atomic mass is 16.5. The molecule has 3 aromatic carbocycles. The van der Waals surface area contributed by atoms with Crippen molar-refractivity contribution in [3.63, 3.8) is 0 Å². The lowest BCUT2D eigenvalue weighted by atomic mass is 10.1. The minimum Gasteiger partial charge on any atom is -0.457 e. The van der Waals surface area contributed by atoms with Crippen molar-refractivity contribution in [3.8, 4) is 22.8 Å². The van der Waals surface area contributed by atoms with Crippen molar-refractivity contribution in [1.82, 2.24) is 15.1 Å². The average Bonchev–Trinajstić information content (AvgIpc) is 3.14. The number of para-hydroxylation sites is 1. The van der Waals surface area contributed by atoms with Crippen LogP contribution in [0.25, 0.3) is 11.3 Å². The molecular formula is C25H25N3O. The maximum atomic E-state index is 5.89. The van der Waals surface area contributed by atoms with Crippen molar-refractivity contribution in [2.24, 2.45) is 7.05 Å². The van der Waals surface area contributed by atoms with E-state index in [1.165, 1.54) is 11.1 Å². The number of nitrogens with one attached hydrogen (secondary N) is 1. The zero-order chi connectivity index (χ0) is 20.1. The second-order valence-electron chi connectivity index (χ2n) is 7.13. The van der Waals surface area contributed by atoms with Crippen LogP contribution < -0.4 is 10.1 Å². The van der Waals surface area contributed by atoms with Gasteiger partial charge in [0.25, 0.3) is 0 Å². The fourth-order valence-corrected chi connectivity index (χ4v) is 3.34. The monoisotopic (exact) mass is 383 g/mol. The zero-order valence-electron chi connectivity index (χ0n) is 16.7. The number of rotatable bonds is 7. The fraction of sp³-hybridized carbons (Fsp3) is 0.160. The molecule has 0 aliphatic carbocycles. The quantitative estimate of drug-likeness (QED) is 0.443. The van der Waals surface area contributed by atoms with E-state index in [-0.39, 0.29) is 6.04 Å². The minimum atomic E-state index is 0.269. The van der Waals surface area contributed by atoms with E-state index in [4.69, 9.17) is 4.74 Å². The van der Waals surface area contributed by atoms with Crippen molar-refractivity contribution in [3.05, 3.63) is 102 Å². The first kappa shape index (κ1) is 19.0. The molecule has 29 heavy (non-hydrogen) atoms. The highest BCUT2D eigenvalue weighted by Gasteiger charge is 2.12. The normalized spacial score (nSPS) is 11.9. The van der Waals surface area contributed by atoms with Crippen molar-refractivity contribution in [2.75, 3.05) is 0 Å². The Balaban J connectivity index is 1.47. The highest BCUT2D eigenvalue weighted by Crippen LogP contribution is 2.27. The first-order valence-electron chi connectivity index (χ1n) is 9.83. The van der Waals surface area contributed by atoms with Crippen LogP contribution in [0.4, 0.5) is 0 Å². The lowest BCUT2D eigenvalue weighted by Crippen LogP contribution is -2.18. The van der Waals surface area contributed by atoms with E-state index < -0.39 is 0 Å². The van der Waals surface area contributed by atoms with Gasteiger partial charge in [-0.1, -0.05) is 48.5 Å². The van der Waals surface area contributed by atoms with Crippen LogP contribution in [0.2, 0.25) is 0 Å². The Hall–Kier alpha value is -3.37. The first-order chi connectivity index (χ1) is 14.2. The van der Waals surface area contributed by atoms with Gasteiger partial charge < -0.3 is 10.1 Å². The maximum absolute atomic E-state index is 5.89. The van der Waals surface area contributed by atoms with Crippen molar-refractivity contribution >= 4 is 0 Å². The highest BCUT2D eigenvalue weighted by molar-refractivity contribution is 5.63. The van der Waals surface area contributed by atoms with Gasteiger partial charge in [0, 0.05) is 37.0 Å². The van der Waals surface area contributed by atoms with E-state index in [9.17, 15) is 0 Å². The summed E-state index contributed by atoms with van der Waals surface area (Å²) in [7, 11) is 1.96. The molecule has 0 radical (unpaired) electrons. The second kappa shape index (κ2) is 8.76. The number of nitrogens with zero attached hydrogens (tertiary/aromatic N) is 2. The van der Waals surface area contributed by atoms with E-state index in [0.717, 1.165) is 29.3 Å². The topological polar surface area (TPSA) is 39.1 Å². The molecule has 0 spiro atoms. The molecule has 4 nitrogen and oxygen atoms in total. The van der Waals surface area contributed by atoms with Gasteiger partial charge in [0.05, 0.1) is 5.69 Å². The van der Waals surface area contributed by atoms with Crippen LogP contribution in [0.5, 0.6) is 11.5 Å². The van der Waals surface area contributed by atoms with Gasteiger partial charge in [0.15, 0.2) is 0 Å². The molecule has 1 atom stereocenters. The Bertz CT molecular complexity index is 1040. The van der Waals surface area contributed by atoms with Crippen LogP contribution in [0.15, 0.2) is 91.1 Å². The Morgan fingerprint density at radius 1 is 0.862 bits per heavy atom. The SMILES string of the molecule is CC(NCc1cn(C)nc1-c1ccc(Oc2ccccc2)cc1)c1ccccc1. The summed E-state index contributed by atoms with van der Waals surface area (Å²) in [4.78, 5) is 0. The third-order valence-electron chi connectivity index (χ3n) is 4.91. The Labute approximate surface area is 171 Å². The molecular weight excluding hydrogens is 358 g/mol. The number of hydrogen-bond acceptors (Lipinski definition) is 3. The zero-order valence-corrected chi connectivity index (χ0v) is 16.7. The molecule has 0 aliphatic heterocycles. The molecule has 146 valence electrons. The van der Waals surface area contributed by atoms with Gasteiger partial charge in [-0.05, 0) is 48.9 Å². The molecule has 0 aliphatic rings. The van der Waals surface area contributed by atoms with Crippen molar-refractivity contribution < 1.29 is 4.74 Å². The van der Waals surface area contributed by atoms with Crippen LogP contribution in [-0.4, -0.2) is 9.78 Å². The summed E-state index contributed by atoms with van der Waals surface area (Å²) in [6.07, 6.45) is 2.08. The molecule has 1 unspecified atom stereocenters. The largest absolute Gasteiger partial charge is 0.457 e. The summed E-state index contributed by atoms with van der Waals surface area (Å²) < 4.78 is 7.76. The number of aromatic nitrogens is 2. The van der Waals surface area contributed by atoms with Crippen LogP contribution in [0, 0.1) is 0 Å². The lowest BCUT2D eigenvalue weighted by molar-refractivity contribution is 0.483. The summed E-state index contributed by atoms with van der Waals surface area (Å²) >= 11 is 0. The standard InChI is InChI=1S/C25H25N3O/c1-19(20-9-5-3-6-10-20)26-17-22-18-28(2)27-25(22)21-13-15-24(16-14-21)29-23-11-7-4-8-12-23/h3-16,18-19,26H,17H2,1-2H3. The third kappa shape index (κ3) is 4.73. The number of benzene rings is 3. The summed E-state index contributed by atoms with van der Waals surface area (Å²) in [5.74, 6) is 1.64. The summed E-state index contributed by atoms with van der Waals surface area (Å²) in [5, 5.41) is 8.29. The molecule has 0 saturated heterocycles. The van der Waals surface area contributed by atoms with Gasteiger partial charge in [-0.15, -0.1) is 0 Å². The minimum absolute atomic E-state index is 0.269. The van der Waals surface area contributed by atoms with Gasteiger partial charge in [-0.2, -0.15) is 5.10 Å². The van der Waals surface area contributed by atoms with E-state index in [1.807, 2.05) is 60.3 Å². The molecule has 1 aromatic heterocycles. The number of hydrogen-bond donors (Lipinski definition) is 1. The first-order valence-corrected chi connectivity index (χ1v) is 9.83. The maximum Gasteiger partial charge on any atom is 0.127 e. The predicted octanol–water partition coefficient (Wildman–Crippen LogP) is 5.73. The summed E-state index contributed by atoms with van der Waals surface area (Å²) in [5.41, 5.74) is 4.52. The predicted molar refractivity (Wildman–Crippen MR) is 117 cm³/mol. The molecule has 0 saturated carbocycles. The molecule has 0 bridgehead atoms. The molecule has 4 aromatic rings.